The van der Waals surface area contributed by atoms with Gasteiger partial charge >= 0.3 is 5.97 Å². The second kappa shape index (κ2) is 7.61. The number of nitrogens with zero attached hydrogens (tertiary/aromatic N) is 3. The van der Waals surface area contributed by atoms with Gasteiger partial charge in [-0.1, -0.05) is 30.3 Å². The molecule has 2 rings (SSSR count). The lowest BCUT2D eigenvalue weighted by Crippen LogP contribution is -2.15. The van der Waals surface area contributed by atoms with E-state index >= 15 is 0 Å². The predicted molar refractivity (Wildman–Crippen MR) is 83.4 cm³/mol. The van der Waals surface area contributed by atoms with Crippen LogP contribution in [0.1, 0.15) is 22.5 Å². The van der Waals surface area contributed by atoms with Crippen LogP contribution in [-0.4, -0.2) is 53.0 Å². The summed E-state index contributed by atoms with van der Waals surface area (Å²) in [4.78, 5) is 13.4. The Morgan fingerprint density at radius 1 is 1.32 bits per heavy atom. The topological polar surface area (TPSA) is 67.6 Å². The summed E-state index contributed by atoms with van der Waals surface area (Å²) in [6.07, 6.45) is 0.862. The van der Waals surface area contributed by atoms with Crippen molar-refractivity contribution < 1.29 is 14.6 Å². The van der Waals surface area contributed by atoms with Gasteiger partial charge in [-0.25, -0.2) is 9.48 Å². The summed E-state index contributed by atoms with van der Waals surface area (Å²) in [6, 6.07) is 11.1. The molecule has 0 saturated heterocycles. The molecule has 0 aliphatic carbocycles. The molecule has 0 aliphatic heterocycles. The first-order valence-electron chi connectivity index (χ1n) is 7.19. The monoisotopic (exact) mass is 303 g/mol. The van der Waals surface area contributed by atoms with Crippen LogP contribution in [0.5, 0.6) is 5.88 Å². The van der Waals surface area contributed by atoms with Crippen molar-refractivity contribution in [3.8, 4) is 5.88 Å². The van der Waals surface area contributed by atoms with Crippen LogP contribution in [0.4, 0.5) is 0 Å². The quantitative estimate of drug-likeness (QED) is 0.755. The lowest BCUT2D eigenvalue weighted by molar-refractivity contribution is 0.0684. The average Bonchev–Trinajstić information content (AvgIpc) is 2.88. The van der Waals surface area contributed by atoms with Crippen LogP contribution in [0, 0.1) is 0 Å². The van der Waals surface area contributed by atoms with E-state index in [0.29, 0.717) is 19.0 Å². The first-order valence-corrected chi connectivity index (χ1v) is 7.19. The van der Waals surface area contributed by atoms with E-state index in [1.807, 2.05) is 44.4 Å². The molecule has 0 spiro atoms. The van der Waals surface area contributed by atoms with Crippen molar-refractivity contribution in [3.05, 3.63) is 47.7 Å². The molecule has 0 unspecified atom stereocenters. The predicted octanol–water partition coefficient (Wildman–Crippen LogP) is 1.96. The first-order chi connectivity index (χ1) is 10.6. The molecule has 118 valence electrons. The molecule has 6 nitrogen and oxygen atoms in total. The summed E-state index contributed by atoms with van der Waals surface area (Å²) >= 11 is 0. The van der Waals surface area contributed by atoms with Gasteiger partial charge in [0.05, 0.1) is 13.2 Å². The van der Waals surface area contributed by atoms with Crippen molar-refractivity contribution in [2.24, 2.45) is 0 Å². The van der Waals surface area contributed by atoms with Crippen molar-refractivity contribution in [1.82, 2.24) is 14.7 Å². The highest BCUT2D eigenvalue weighted by atomic mass is 16.5. The Hall–Kier alpha value is -2.34. The van der Waals surface area contributed by atoms with E-state index in [1.165, 1.54) is 10.7 Å². The van der Waals surface area contributed by atoms with Gasteiger partial charge in [-0.2, -0.15) is 0 Å². The number of aromatic carboxylic acids is 1. The molecule has 1 aromatic carbocycles. The van der Waals surface area contributed by atoms with E-state index < -0.39 is 5.97 Å². The van der Waals surface area contributed by atoms with E-state index in [0.717, 1.165) is 18.5 Å². The second-order valence-corrected chi connectivity index (χ2v) is 5.32. The molecule has 0 fully saturated rings. The fourth-order valence-corrected chi connectivity index (χ4v) is 2.07. The molecule has 0 atom stereocenters. The van der Waals surface area contributed by atoms with E-state index in [4.69, 9.17) is 4.74 Å². The molecule has 22 heavy (non-hydrogen) atoms. The Morgan fingerprint density at radius 2 is 2.05 bits per heavy atom. The third kappa shape index (κ3) is 4.60. The molecule has 2 aromatic rings. The van der Waals surface area contributed by atoms with Crippen molar-refractivity contribution in [1.29, 1.82) is 0 Å². The maximum Gasteiger partial charge on any atom is 0.354 e. The van der Waals surface area contributed by atoms with Gasteiger partial charge < -0.3 is 14.7 Å². The second-order valence-electron chi connectivity index (χ2n) is 5.32. The third-order valence-corrected chi connectivity index (χ3v) is 3.15. The zero-order valence-corrected chi connectivity index (χ0v) is 12.9. The molecule has 0 radical (unpaired) electrons. The fourth-order valence-electron chi connectivity index (χ4n) is 2.07. The van der Waals surface area contributed by atoms with Gasteiger partial charge in [0.2, 0.25) is 5.88 Å². The van der Waals surface area contributed by atoms with Crippen LogP contribution < -0.4 is 4.74 Å². The van der Waals surface area contributed by atoms with Crippen molar-refractivity contribution >= 4 is 5.97 Å². The van der Waals surface area contributed by atoms with Crippen molar-refractivity contribution in [2.75, 3.05) is 27.2 Å². The number of carboxylic acids is 1. The van der Waals surface area contributed by atoms with Crippen LogP contribution in [0.3, 0.4) is 0 Å². The SMILES string of the molecule is CN(C)CCCOc1cc(C(=O)O)n(Cc2ccccc2)n1. The highest BCUT2D eigenvalue weighted by molar-refractivity contribution is 5.86. The van der Waals surface area contributed by atoms with Crippen LogP contribution >= 0.6 is 0 Å². The standard InChI is InChI=1S/C16H21N3O3/c1-18(2)9-6-10-22-15-11-14(16(20)21)19(17-15)12-13-7-4-3-5-8-13/h3-5,7-8,11H,6,9-10,12H2,1-2H3,(H,20,21). The Morgan fingerprint density at radius 3 is 2.68 bits per heavy atom. The number of aromatic nitrogens is 2. The fraction of sp³-hybridized carbons (Fsp3) is 0.375. The van der Waals surface area contributed by atoms with Gasteiger partial charge in [-0.05, 0) is 26.1 Å². The normalized spacial score (nSPS) is 10.9. The van der Waals surface area contributed by atoms with Crippen LogP contribution in [-0.2, 0) is 6.54 Å². The summed E-state index contributed by atoms with van der Waals surface area (Å²) < 4.78 is 7.00. The highest BCUT2D eigenvalue weighted by Crippen LogP contribution is 2.14. The maximum absolute atomic E-state index is 11.3. The molecule has 6 heteroatoms. The van der Waals surface area contributed by atoms with Gasteiger partial charge in [-0.3, -0.25) is 0 Å². The minimum atomic E-state index is -1.01. The zero-order valence-electron chi connectivity index (χ0n) is 12.9. The third-order valence-electron chi connectivity index (χ3n) is 3.15. The number of rotatable bonds is 8. The number of hydrogen-bond donors (Lipinski definition) is 1. The average molecular weight is 303 g/mol. The maximum atomic E-state index is 11.3. The van der Waals surface area contributed by atoms with Gasteiger partial charge in [0, 0.05) is 12.6 Å². The molecular weight excluding hydrogens is 282 g/mol. The molecule has 1 N–H and O–H groups in total. The number of carboxylic acid groups (broad SMARTS) is 1. The van der Waals surface area contributed by atoms with Gasteiger partial charge in [0.1, 0.15) is 0 Å². The van der Waals surface area contributed by atoms with Crippen LogP contribution in [0.15, 0.2) is 36.4 Å². The summed E-state index contributed by atoms with van der Waals surface area (Å²) in [5.41, 5.74) is 1.12. The first kappa shape index (κ1) is 16.0. The molecular formula is C16H21N3O3. The summed E-state index contributed by atoms with van der Waals surface area (Å²) in [5, 5.41) is 13.5. The Balaban J connectivity index is 2.04. The van der Waals surface area contributed by atoms with E-state index in [2.05, 4.69) is 10.00 Å². The Kier molecular flexibility index (Phi) is 5.55. The number of benzene rings is 1. The van der Waals surface area contributed by atoms with Crippen molar-refractivity contribution in [2.45, 2.75) is 13.0 Å². The van der Waals surface area contributed by atoms with Crippen LogP contribution in [0.2, 0.25) is 0 Å². The van der Waals surface area contributed by atoms with E-state index in [-0.39, 0.29) is 5.69 Å². The zero-order chi connectivity index (χ0) is 15.9. The summed E-state index contributed by atoms with van der Waals surface area (Å²) in [5.74, 6) is -0.654. The summed E-state index contributed by atoms with van der Waals surface area (Å²) in [6.45, 7) is 1.83. The molecule has 0 bridgehead atoms. The smallest absolute Gasteiger partial charge is 0.354 e. The minimum absolute atomic E-state index is 0.131. The number of carbonyl (C=O) groups is 1. The summed E-state index contributed by atoms with van der Waals surface area (Å²) in [7, 11) is 3.99. The number of ether oxygens (including phenoxy) is 1. The van der Waals surface area contributed by atoms with E-state index in [1.54, 1.807) is 0 Å². The largest absolute Gasteiger partial charge is 0.477 e. The van der Waals surface area contributed by atoms with Crippen LogP contribution in [0.25, 0.3) is 0 Å². The molecule has 0 aliphatic rings. The van der Waals surface area contributed by atoms with Gasteiger partial charge in [0.25, 0.3) is 0 Å². The lowest BCUT2D eigenvalue weighted by atomic mass is 10.2. The molecule has 1 aromatic heterocycles. The molecule has 1 heterocycles. The van der Waals surface area contributed by atoms with Gasteiger partial charge in [-0.15, -0.1) is 5.10 Å². The van der Waals surface area contributed by atoms with Crippen molar-refractivity contribution in [3.63, 3.8) is 0 Å². The minimum Gasteiger partial charge on any atom is -0.477 e. The molecule has 0 amide bonds. The van der Waals surface area contributed by atoms with Gasteiger partial charge in [0.15, 0.2) is 5.69 Å². The molecule has 0 saturated carbocycles. The Bertz CT molecular complexity index is 608. The Labute approximate surface area is 129 Å². The highest BCUT2D eigenvalue weighted by Gasteiger charge is 2.15. The van der Waals surface area contributed by atoms with E-state index in [9.17, 15) is 9.90 Å². The lowest BCUT2D eigenvalue weighted by Gasteiger charge is -2.08. The number of hydrogen-bond acceptors (Lipinski definition) is 4.